The van der Waals surface area contributed by atoms with Crippen molar-refractivity contribution in [3.05, 3.63) is 39.8 Å². The second-order valence-electron chi connectivity index (χ2n) is 6.72. The summed E-state index contributed by atoms with van der Waals surface area (Å²) in [6, 6.07) is 8.07. The average molecular weight is 416 g/mol. The average Bonchev–Trinajstić information content (AvgIpc) is 3.31. The predicted molar refractivity (Wildman–Crippen MR) is 111 cm³/mol. The lowest BCUT2D eigenvalue weighted by Gasteiger charge is -2.26. The Kier molecular flexibility index (Phi) is 6.62. The zero-order valence-corrected chi connectivity index (χ0v) is 17.7. The summed E-state index contributed by atoms with van der Waals surface area (Å²) in [6.07, 6.45) is 1.97. The second-order valence-corrected chi connectivity index (χ2v) is 7.77. The lowest BCUT2D eigenvalue weighted by atomic mass is 10.0. The van der Waals surface area contributed by atoms with Crippen molar-refractivity contribution in [3.8, 4) is 17.6 Å². The van der Waals surface area contributed by atoms with Crippen LogP contribution in [0.25, 0.3) is 0 Å². The fourth-order valence-electron chi connectivity index (χ4n) is 3.78. The van der Waals surface area contributed by atoms with Crippen LogP contribution in [-0.4, -0.2) is 38.2 Å². The van der Waals surface area contributed by atoms with E-state index in [9.17, 15) is 10.1 Å². The first-order valence-electron chi connectivity index (χ1n) is 9.48. The zero-order valence-electron chi connectivity index (χ0n) is 16.9. The van der Waals surface area contributed by atoms with Crippen molar-refractivity contribution in [1.82, 2.24) is 4.90 Å². The summed E-state index contributed by atoms with van der Waals surface area (Å²) in [6.45, 7) is 3.33. The highest BCUT2D eigenvalue weighted by molar-refractivity contribution is 7.18. The third kappa shape index (κ3) is 4.16. The second kappa shape index (κ2) is 9.16. The van der Waals surface area contributed by atoms with Crippen LogP contribution in [0.5, 0.6) is 11.5 Å². The molecule has 29 heavy (non-hydrogen) atoms. The molecule has 0 unspecified atom stereocenters. The van der Waals surface area contributed by atoms with Crippen LogP contribution in [0.4, 0.5) is 5.00 Å². The lowest BCUT2D eigenvalue weighted by Crippen LogP contribution is -2.24. The maximum atomic E-state index is 12.4. The molecule has 0 saturated carbocycles. The highest BCUT2D eigenvalue weighted by Crippen LogP contribution is 2.41. The number of anilines is 1. The number of hydrogen-bond acceptors (Lipinski definition) is 8. The van der Waals surface area contributed by atoms with Crippen LogP contribution in [0.15, 0.2) is 18.2 Å². The smallest absolute Gasteiger partial charge is 0.348 e. The van der Waals surface area contributed by atoms with Gasteiger partial charge in [-0.15, -0.1) is 11.3 Å². The topological polar surface area (TPSA) is 97.8 Å². The van der Waals surface area contributed by atoms with Crippen molar-refractivity contribution in [1.29, 1.82) is 5.26 Å². The Morgan fingerprint density at radius 1 is 1.38 bits per heavy atom. The van der Waals surface area contributed by atoms with Gasteiger partial charge in [-0.05, 0) is 32.4 Å². The number of esters is 1. The van der Waals surface area contributed by atoms with E-state index in [1.54, 1.807) is 21.1 Å². The molecule has 8 heteroatoms. The van der Waals surface area contributed by atoms with E-state index in [4.69, 9.17) is 19.9 Å². The molecule has 7 nitrogen and oxygen atoms in total. The molecule has 2 heterocycles. The SMILES string of the molecule is CCOC(=O)c1sc(N)c(C#N)c1CN1CCC[C@@H]1c1ccc(OC)cc1OC. The van der Waals surface area contributed by atoms with Crippen molar-refractivity contribution in [2.24, 2.45) is 0 Å². The fraction of sp³-hybridized carbons (Fsp3) is 0.429. The van der Waals surface area contributed by atoms with Gasteiger partial charge in [0.05, 0.1) is 26.4 Å². The van der Waals surface area contributed by atoms with Gasteiger partial charge in [-0.3, -0.25) is 4.90 Å². The Balaban J connectivity index is 1.95. The molecule has 154 valence electrons. The van der Waals surface area contributed by atoms with Gasteiger partial charge >= 0.3 is 5.97 Å². The number of methoxy groups -OCH3 is 2. The number of carbonyl (C=O) groups excluding carboxylic acids is 1. The summed E-state index contributed by atoms with van der Waals surface area (Å²) in [5.41, 5.74) is 8.09. The number of nitriles is 1. The van der Waals surface area contributed by atoms with Crippen LogP contribution >= 0.6 is 11.3 Å². The van der Waals surface area contributed by atoms with E-state index in [1.165, 1.54) is 0 Å². The minimum absolute atomic E-state index is 0.110. The number of thiophene rings is 1. The molecular weight excluding hydrogens is 390 g/mol. The van der Waals surface area contributed by atoms with Crippen LogP contribution in [0.2, 0.25) is 0 Å². The van der Waals surface area contributed by atoms with E-state index in [1.807, 2.05) is 18.2 Å². The van der Waals surface area contributed by atoms with Gasteiger partial charge < -0.3 is 19.9 Å². The highest BCUT2D eigenvalue weighted by atomic mass is 32.1. The Hall–Kier alpha value is -2.76. The number of rotatable bonds is 7. The molecule has 1 aliphatic heterocycles. The summed E-state index contributed by atoms with van der Waals surface area (Å²) in [7, 11) is 3.27. The Morgan fingerprint density at radius 3 is 2.83 bits per heavy atom. The van der Waals surface area contributed by atoms with Crippen molar-refractivity contribution in [3.63, 3.8) is 0 Å². The molecule has 1 aromatic carbocycles. The first-order chi connectivity index (χ1) is 14.0. The fourth-order valence-corrected chi connectivity index (χ4v) is 4.71. The summed E-state index contributed by atoms with van der Waals surface area (Å²) in [5.74, 6) is 1.06. The van der Waals surface area contributed by atoms with Crippen molar-refractivity contribution >= 4 is 22.3 Å². The van der Waals surface area contributed by atoms with E-state index < -0.39 is 5.97 Å². The molecule has 0 radical (unpaired) electrons. The van der Waals surface area contributed by atoms with Crippen LogP contribution in [-0.2, 0) is 11.3 Å². The molecule has 0 aliphatic carbocycles. The van der Waals surface area contributed by atoms with Crippen molar-refractivity contribution in [2.45, 2.75) is 32.4 Å². The molecular formula is C21H25N3O4S. The number of likely N-dealkylation sites (tertiary alicyclic amines) is 1. The molecule has 0 bridgehead atoms. The number of carbonyl (C=O) groups is 1. The quantitative estimate of drug-likeness (QED) is 0.688. The van der Waals surface area contributed by atoms with Gasteiger partial charge in [-0.25, -0.2) is 4.79 Å². The van der Waals surface area contributed by atoms with E-state index in [0.29, 0.717) is 27.5 Å². The minimum atomic E-state index is -0.432. The number of nitrogens with two attached hydrogens (primary N) is 1. The summed E-state index contributed by atoms with van der Waals surface area (Å²) in [5, 5.41) is 9.94. The van der Waals surface area contributed by atoms with Crippen LogP contribution in [0.3, 0.4) is 0 Å². The van der Waals surface area contributed by atoms with E-state index in [2.05, 4.69) is 11.0 Å². The normalized spacial score (nSPS) is 16.4. The van der Waals surface area contributed by atoms with Gasteiger partial charge in [-0.1, -0.05) is 6.07 Å². The largest absolute Gasteiger partial charge is 0.497 e. The molecule has 1 aromatic heterocycles. The first kappa shape index (κ1) is 21.0. The van der Waals surface area contributed by atoms with Crippen LogP contribution < -0.4 is 15.2 Å². The van der Waals surface area contributed by atoms with Gasteiger partial charge in [0.25, 0.3) is 0 Å². The van der Waals surface area contributed by atoms with Crippen LogP contribution in [0.1, 0.15) is 52.2 Å². The van der Waals surface area contributed by atoms with Gasteiger partial charge in [-0.2, -0.15) is 5.26 Å². The molecule has 1 saturated heterocycles. The van der Waals surface area contributed by atoms with E-state index in [0.717, 1.165) is 47.8 Å². The molecule has 0 amide bonds. The molecule has 1 atom stereocenters. The molecule has 1 fully saturated rings. The standard InChI is InChI=1S/C21H25N3O4S/c1-4-28-21(25)19-16(15(11-22)20(23)29-19)12-24-9-5-6-17(24)14-8-7-13(26-2)10-18(14)27-3/h7-8,10,17H,4-6,9,12,23H2,1-3H3/t17-/m1/s1. The summed E-state index contributed by atoms with van der Waals surface area (Å²) >= 11 is 1.12. The van der Waals surface area contributed by atoms with Crippen molar-refractivity contribution < 1.29 is 19.0 Å². The van der Waals surface area contributed by atoms with Gasteiger partial charge in [0.15, 0.2) is 0 Å². The number of nitrogen functional groups attached to an aromatic ring is 1. The molecule has 1 aliphatic rings. The third-order valence-electron chi connectivity index (χ3n) is 5.13. The number of ether oxygens (including phenoxy) is 3. The molecule has 3 rings (SSSR count). The van der Waals surface area contributed by atoms with E-state index in [-0.39, 0.29) is 12.6 Å². The lowest BCUT2D eigenvalue weighted by molar-refractivity contribution is 0.0529. The molecule has 2 N–H and O–H groups in total. The van der Waals surface area contributed by atoms with E-state index >= 15 is 0 Å². The van der Waals surface area contributed by atoms with Gasteiger partial charge in [0.1, 0.15) is 27.4 Å². The Labute approximate surface area is 174 Å². The van der Waals surface area contributed by atoms with Gasteiger partial charge in [0, 0.05) is 29.8 Å². The Bertz CT molecular complexity index is 935. The maximum absolute atomic E-state index is 12.4. The third-order valence-corrected chi connectivity index (χ3v) is 6.17. The van der Waals surface area contributed by atoms with Gasteiger partial charge in [0.2, 0.25) is 0 Å². The number of nitrogens with zero attached hydrogens (tertiary/aromatic N) is 2. The Morgan fingerprint density at radius 2 is 2.17 bits per heavy atom. The summed E-state index contributed by atoms with van der Waals surface area (Å²) in [4.78, 5) is 15.1. The zero-order chi connectivity index (χ0) is 21.0. The minimum Gasteiger partial charge on any atom is -0.497 e. The molecule has 0 spiro atoms. The maximum Gasteiger partial charge on any atom is 0.348 e. The van der Waals surface area contributed by atoms with Crippen LogP contribution in [0, 0.1) is 11.3 Å². The van der Waals surface area contributed by atoms with Crippen molar-refractivity contribution in [2.75, 3.05) is 33.1 Å². The highest BCUT2D eigenvalue weighted by Gasteiger charge is 2.32. The summed E-state index contributed by atoms with van der Waals surface area (Å²) < 4.78 is 16.1. The monoisotopic (exact) mass is 415 g/mol. The number of benzene rings is 1. The number of hydrogen-bond donors (Lipinski definition) is 1. The predicted octanol–water partition coefficient (Wildman–Crippen LogP) is 3.73. The molecule has 2 aromatic rings. The first-order valence-corrected chi connectivity index (χ1v) is 10.3.